The molecule has 1 amide bonds. The molecule has 0 unspecified atom stereocenters. The van der Waals surface area contributed by atoms with Crippen LogP contribution in [0.3, 0.4) is 0 Å². The molecule has 0 atom stereocenters. The molecule has 0 saturated carbocycles. The van der Waals surface area contributed by atoms with E-state index in [1.165, 1.54) is 6.08 Å². The number of rotatable bonds is 6. The Kier molecular flexibility index (Phi) is 8.06. The second-order valence-corrected chi connectivity index (χ2v) is 8.44. The molecule has 0 aliphatic carbocycles. The van der Waals surface area contributed by atoms with Crippen molar-refractivity contribution in [3.8, 4) is 11.8 Å². The van der Waals surface area contributed by atoms with Crippen molar-refractivity contribution < 1.29 is 9.53 Å². The van der Waals surface area contributed by atoms with Gasteiger partial charge in [0.1, 0.15) is 24.0 Å². The van der Waals surface area contributed by atoms with Gasteiger partial charge in [-0.05, 0) is 66.1 Å². The van der Waals surface area contributed by atoms with Crippen molar-refractivity contribution in [1.29, 1.82) is 5.26 Å². The van der Waals surface area contributed by atoms with Gasteiger partial charge in [-0.2, -0.15) is 5.26 Å². The normalized spacial score (nSPS) is 11.1. The van der Waals surface area contributed by atoms with Crippen LogP contribution < -0.4 is 10.1 Å². The minimum Gasteiger partial charge on any atom is -0.487 e. The van der Waals surface area contributed by atoms with Crippen molar-refractivity contribution in [1.82, 2.24) is 0 Å². The zero-order chi connectivity index (χ0) is 23.3. The van der Waals surface area contributed by atoms with Crippen LogP contribution in [-0.4, -0.2) is 5.91 Å². The summed E-state index contributed by atoms with van der Waals surface area (Å²) in [5, 5.41) is 13.9. The lowest BCUT2D eigenvalue weighted by Crippen LogP contribution is -2.13. The monoisotopic (exact) mass is 504 g/mol. The number of ether oxygens (including phenoxy) is 1. The highest BCUT2D eigenvalue weighted by Gasteiger charge is 2.11. The van der Waals surface area contributed by atoms with Crippen LogP contribution in [0.4, 0.5) is 5.69 Å². The van der Waals surface area contributed by atoms with Crippen LogP contribution in [0, 0.1) is 18.3 Å². The Balaban J connectivity index is 1.71. The largest absolute Gasteiger partial charge is 0.487 e. The van der Waals surface area contributed by atoms with E-state index in [9.17, 15) is 10.1 Å². The van der Waals surface area contributed by atoms with Crippen LogP contribution in [0.15, 0.2) is 60.2 Å². The van der Waals surface area contributed by atoms with Crippen molar-refractivity contribution in [2.24, 2.45) is 0 Å². The fourth-order valence-electron chi connectivity index (χ4n) is 2.70. The first-order valence-corrected chi connectivity index (χ1v) is 10.8. The molecule has 4 nitrogen and oxygen atoms in total. The van der Waals surface area contributed by atoms with E-state index in [2.05, 4.69) is 5.32 Å². The number of nitrogens with one attached hydrogen (secondary N) is 1. The number of hydrogen-bond acceptors (Lipinski definition) is 3. The molecular formula is C24H16Cl4N2O2. The first-order chi connectivity index (χ1) is 15.3. The highest BCUT2D eigenvalue weighted by Crippen LogP contribution is 2.29. The Morgan fingerprint density at radius 1 is 0.969 bits per heavy atom. The van der Waals surface area contributed by atoms with Crippen molar-refractivity contribution >= 4 is 64.1 Å². The fourth-order valence-corrected chi connectivity index (χ4v) is 3.44. The summed E-state index contributed by atoms with van der Waals surface area (Å²) >= 11 is 24.3. The summed E-state index contributed by atoms with van der Waals surface area (Å²) in [4.78, 5) is 12.5. The number of amides is 1. The summed E-state index contributed by atoms with van der Waals surface area (Å²) in [7, 11) is 0. The summed E-state index contributed by atoms with van der Waals surface area (Å²) in [6, 6.07) is 17.2. The van der Waals surface area contributed by atoms with E-state index in [-0.39, 0.29) is 12.2 Å². The maximum Gasteiger partial charge on any atom is 0.266 e. The zero-order valence-electron chi connectivity index (χ0n) is 16.8. The molecule has 3 aromatic carbocycles. The predicted molar refractivity (Wildman–Crippen MR) is 131 cm³/mol. The van der Waals surface area contributed by atoms with Gasteiger partial charge in [0.05, 0.1) is 15.1 Å². The van der Waals surface area contributed by atoms with E-state index in [0.717, 1.165) is 11.1 Å². The van der Waals surface area contributed by atoms with Crippen molar-refractivity contribution in [3.05, 3.63) is 97.0 Å². The molecule has 0 bridgehead atoms. The number of aryl methyl sites for hydroxylation is 1. The standard InChI is InChI=1S/C24H16Cl4N2O2/c1-14-2-5-18(11-20(14)26)30-24(31)17(12-29)8-15-4-7-23(22(28)9-15)32-13-16-3-6-19(25)21(27)10-16/h2-11H,13H2,1H3,(H,30,31)/b17-8+. The van der Waals surface area contributed by atoms with Gasteiger partial charge in [0.15, 0.2) is 0 Å². The number of anilines is 1. The van der Waals surface area contributed by atoms with Gasteiger partial charge in [-0.3, -0.25) is 4.79 Å². The highest BCUT2D eigenvalue weighted by atomic mass is 35.5. The van der Waals surface area contributed by atoms with Gasteiger partial charge in [0.25, 0.3) is 5.91 Å². The summed E-state index contributed by atoms with van der Waals surface area (Å²) in [6.07, 6.45) is 1.44. The molecule has 3 aromatic rings. The van der Waals surface area contributed by atoms with Crippen molar-refractivity contribution in [3.63, 3.8) is 0 Å². The maximum absolute atomic E-state index is 12.5. The van der Waals surface area contributed by atoms with E-state index in [0.29, 0.717) is 37.1 Å². The van der Waals surface area contributed by atoms with Gasteiger partial charge in [-0.15, -0.1) is 0 Å². The average molecular weight is 506 g/mol. The van der Waals surface area contributed by atoms with Crippen LogP contribution in [0.5, 0.6) is 5.75 Å². The van der Waals surface area contributed by atoms with Crippen LogP contribution in [-0.2, 0) is 11.4 Å². The van der Waals surface area contributed by atoms with Gasteiger partial charge in [0.2, 0.25) is 0 Å². The predicted octanol–water partition coefficient (Wildman–Crippen LogP) is 7.73. The van der Waals surface area contributed by atoms with Crippen molar-refractivity contribution in [2.75, 3.05) is 5.32 Å². The number of nitriles is 1. The molecule has 0 heterocycles. The summed E-state index contributed by atoms with van der Waals surface area (Å²) < 4.78 is 5.74. The van der Waals surface area contributed by atoms with E-state index >= 15 is 0 Å². The molecule has 0 aliphatic rings. The van der Waals surface area contributed by atoms with Crippen molar-refractivity contribution in [2.45, 2.75) is 13.5 Å². The Hall–Kier alpha value is -2.68. The Morgan fingerprint density at radius 3 is 2.41 bits per heavy atom. The van der Waals surface area contributed by atoms with Gasteiger partial charge < -0.3 is 10.1 Å². The van der Waals surface area contributed by atoms with Gasteiger partial charge in [0, 0.05) is 10.7 Å². The van der Waals surface area contributed by atoms with E-state index in [1.54, 1.807) is 54.6 Å². The minimum atomic E-state index is -0.552. The molecule has 0 fully saturated rings. The van der Waals surface area contributed by atoms with Crippen LogP contribution in [0.1, 0.15) is 16.7 Å². The lowest BCUT2D eigenvalue weighted by Gasteiger charge is -2.10. The van der Waals surface area contributed by atoms with E-state index < -0.39 is 5.91 Å². The summed E-state index contributed by atoms with van der Waals surface area (Å²) in [5.41, 5.74) is 2.71. The maximum atomic E-state index is 12.5. The fraction of sp³-hybridized carbons (Fsp3) is 0.0833. The third-order valence-corrected chi connectivity index (χ3v) is 5.88. The lowest BCUT2D eigenvalue weighted by molar-refractivity contribution is -0.112. The number of hydrogen-bond donors (Lipinski definition) is 1. The number of benzene rings is 3. The van der Waals surface area contributed by atoms with Gasteiger partial charge >= 0.3 is 0 Å². The van der Waals surface area contributed by atoms with Crippen LogP contribution in [0.2, 0.25) is 20.1 Å². The first kappa shape index (κ1) is 24.0. The number of nitrogens with zero attached hydrogens (tertiary/aromatic N) is 1. The third kappa shape index (κ3) is 6.18. The molecule has 0 aliphatic heterocycles. The zero-order valence-corrected chi connectivity index (χ0v) is 19.8. The Morgan fingerprint density at radius 2 is 1.75 bits per heavy atom. The molecule has 8 heteroatoms. The number of carbonyl (C=O) groups excluding carboxylic acids is 1. The molecule has 0 spiro atoms. The van der Waals surface area contributed by atoms with Gasteiger partial charge in [-0.25, -0.2) is 0 Å². The second-order valence-electron chi connectivity index (χ2n) is 6.81. The molecule has 0 saturated heterocycles. The molecule has 3 rings (SSSR count). The minimum absolute atomic E-state index is 0.0813. The third-order valence-electron chi connectivity index (χ3n) is 4.44. The van der Waals surface area contributed by atoms with E-state index in [4.69, 9.17) is 51.1 Å². The second kappa shape index (κ2) is 10.8. The Labute approximate surface area is 205 Å². The molecule has 32 heavy (non-hydrogen) atoms. The molecule has 162 valence electrons. The first-order valence-electron chi connectivity index (χ1n) is 9.32. The lowest BCUT2D eigenvalue weighted by atomic mass is 10.1. The van der Waals surface area contributed by atoms with Crippen LogP contribution >= 0.6 is 46.4 Å². The topological polar surface area (TPSA) is 62.1 Å². The molecule has 0 aromatic heterocycles. The average Bonchev–Trinajstić information content (AvgIpc) is 2.76. The number of carbonyl (C=O) groups is 1. The molecule has 0 radical (unpaired) electrons. The quantitative estimate of drug-likeness (QED) is 0.275. The number of halogens is 4. The smallest absolute Gasteiger partial charge is 0.266 e. The summed E-state index contributed by atoms with van der Waals surface area (Å²) in [5.74, 6) is -0.101. The highest BCUT2D eigenvalue weighted by molar-refractivity contribution is 6.42. The van der Waals surface area contributed by atoms with Gasteiger partial charge in [-0.1, -0.05) is 64.6 Å². The summed E-state index contributed by atoms with van der Waals surface area (Å²) in [6.45, 7) is 2.10. The molecule has 1 N–H and O–H groups in total. The molecular weight excluding hydrogens is 490 g/mol. The van der Waals surface area contributed by atoms with Crippen LogP contribution in [0.25, 0.3) is 6.08 Å². The SMILES string of the molecule is Cc1ccc(NC(=O)/C(C#N)=C/c2ccc(OCc3ccc(Cl)c(Cl)c3)c(Cl)c2)cc1Cl. The Bertz CT molecular complexity index is 1250. The van der Waals surface area contributed by atoms with E-state index in [1.807, 2.05) is 13.0 Å².